The smallest absolute Gasteiger partial charge is 0.214 e. The first-order valence-corrected chi connectivity index (χ1v) is 2.61. The lowest BCUT2D eigenvalue weighted by Gasteiger charge is -1.70. The van der Waals surface area contributed by atoms with Crippen molar-refractivity contribution in [1.29, 1.82) is 0 Å². The molecule has 0 aliphatic rings. The number of nitrogens with two attached hydrogens (primary N) is 2. The monoisotopic (exact) mass is 118 g/mol. The van der Waals surface area contributed by atoms with Crippen molar-refractivity contribution in [3.05, 3.63) is 0 Å². The van der Waals surface area contributed by atoms with E-state index in [4.69, 9.17) is 5.73 Å². The molecule has 0 saturated carbocycles. The number of primary amides is 1. The van der Waals surface area contributed by atoms with Crippen molar-refractivity contribution in [3.8, 4) is 0 Å². The van der Waals surface area contributed by atoms with E-state index < -0.39 is 0 Å². The van der Waals surface area contributed by atoms with E-state index in [-0.39, 0.29) is 5.91 Å². The van der Waals surface area contributed by atoms with Gasteiger partial charge in [-0.3, -0.25) is 4.79 Å². The molecule has 0 radical (unpaired) electrons. The predicted molar refractivity (Wildman–Crippen MR) is 34.2 cm³/mol. The van der Waals surface area contributed by atoms with Crippen LogP contribution in [0.5, 0.6) is 0 Å². The molecule has 0 bridgehead atoms. The molecular formula is C5H14N2O. The molecule has 3 nitrogen and oxygen atoms in total. The van der Waals surface area contributed by atoms with Gasteiger partial charge in [0.1, 0.15) is 0 Å². The van der Waals surface area contributed by atoms with Crippen LogP contribution >= 0.6 is 0 Å². The molecule has 1 amide bonds. The number of hydrogen-bond acceptors (Lipinski definition) is 2. The van der Waals surface area contributed by atoms with Crippen LogP contribution < -0.4 is 11.5 Å². The first-order valence-electron chi connectivity index (χ1n) is 2.61. The first kappa shape index (κ1) is 10.4. The molecule has 0 rings (SSSR count). The first-order chi connectivity index (χ1) is 3.65. The molecule has 4 N–H and O–H groups in total. The summed E-state index contributed by atoms with van der Waals surface area (Å²) in [5.74, 6) is -0.333. The minimum absolute atomic E-state index is 0.333. The van der Waals surface area contributed by atoms with Crippen LogP contribution in [0.25, 0.3) is 0 Å². The molecule has 0 aliphatic carbocycles. The Morgan fingerprint density at radius 1 is 1.62 bits per heavy atom. The number of carbonyl (C=O) groups excluding carboxylic acids is 1. The van der Waals surface area contributed by atoms with Crippen molar-refractivity contribution in [2.45, 2.75) is 20.3 Å². The lowest BCUT2D eigenvalue weighted by molar-refractivity contribution is -0.115. The maximum atomic E-state index is 9.22. The number of amides is 1. The minimum Gasteiger partial charge on any atom is -0.370 e. The zero-order valence-electron chi connectivity index (χ0n) is 5.48. The fourth-order valence-corrected chi connectivity index (χ4v) is 0. The normalized spacial score (nSPS) is 6.88. The SMILES string of the molecule is CC(N)=O.CCCN. The molecule has 0 unspecified atom stereocenters. The minimum atomic E-state index is -0.333. The van der Waals surface area contributed by atoms with E-state index in [1.54, 1.807) is 0 Å². The maximum absolute atomic E-state index is 9.22. The van der Waals surface area contributed by atoms with Crippen molar-refractivity contribution in [2.24, 2.45) is 11.5 Å². The largest absolute Gasteiger partial charge is 0.370 e. The number of carbonyl (C=O) groups is 1. The van der Waals surface area contributed by atoms with Gasteiger partial charge >= 0.3 is 0 Å². The van der Waals surface area contributed by atoms with Gasteiger partial charge in [-0.2, -0.15) is 0 Å². The van der Waals surface area contributed by atoms with Crippen molar-refractivity contribution in [3.63, 3.8) is 0 Å². The Labute approximate surface area is 50.0 Å². The predicted octanol–water partition coefficient (Wildman–Crippen LogP) is -0.153. The van der Waals surface area contributed by atoms with Gasteiger partial charge in [-0.1, -0.05) is 6.92 Å². The number of hydrogen-bond donors (Lipinski definition) is 2. The van der Waals surface area contributed by atoms with E-state index in [9.17, 15) is 4.79 Å². The van der Waals surface area contributed by atoms with Gasteiger partial charge in [0.25, 0.3) is 0 Å². The van der Waals surface area contributed by atoms with Gasteiger partial charge in [0.05, 0.1) is 0 Å². The molecule has 0 aromatic rings. The molecule has 0 fully saturated rings. The second-order valence-corrected chi connectivity index (χ2v) is 1.40. The standard InChI is InChI=1S/C3H9N.C2H5NO/c1-2-3-4;1-2(3)4/h2-4H2,1H3;1H3,(H2,3,4). The van der Waals surface area contributed by atoms with Crippen LogP contribution in [0.1, 0.15) is 20.3 Å². The Balaban J connectivity index is 0. The van der Waals surface area contributed by atoms with Crippen molar-refractivity contribution < 1.29 is 4.79 Å². The van der Waals surface area contributed by atoms with Gasteiger partial charge in [-0.15, -0.1) is 0 Å². The van der Waals surface area contributed by atoms with Crippen LogP contribution in [0.15, 0.2) is 0 Å². The molecule has 0 saturated heterocycles. The molecular weight excluding hydrogens is 104 g/mol. The van der Waals surface area contributed by atoms with E-state index in [0.717, 1.165) is 13.0 Å². The van der Waals surface area contributed by atoms with Gasteiger partial charge in [0.15, 0.2) is 0 Å². The van der Waals surface area contributed by atoms with Crippen LogP contribution in [0.3, 0.4) is 0 Å². The summed E-state index contributed by atoms with van der Waals surface area (Å²) < 4.78 is 0. The molecule has 0 spiro atoms. The lowest BCUT2D eigenvalue weighted by Crippen LogP contribution is -2.01. The summed E-state index contributed by atoms with van der Waals surface area (Å²) >= 11 is 0. The summed E-state index contributed by atoms with van der Waals surface area (Å²) in [6.45, 7) is 4.18. The van der Waals surface area contributed by atoms with Gasteiger partial charge in [-0.25, -0.2) is 0 Å². The summed E-state index contributed by atoms with van der Waals surface area (Å²) in [4.78, 5) is 9.22. The highest BCUT2D eigenvalue weighted by Crippen LogP contribution is 1.57. The van der Waals surface area contributed by atoms with Crippen LogP contribution in [0.4, 0.5) is 0 Å². The van der Waals surface area contributed by atoms with Gasteiger partial charge in [0, 0.05) is 6.92 Å². The maximum Gasteiger partial charge on any atom is 0.214 e. The average Bonchev–Trinajstić information content (AvgIpc) is 1.65. The summed E-state index contributed by atoms with van der Waals surface area (Å²) in [5.41, 5.74) is 9.50. The fourth-order valence-electron chi connectivity index (χ4n) is 0. The summed E-state index contributed by atoms with van der Waals surface area (Å²) in [6, 6.07) is 0. The van der Waals surface area contributed by atoms with E-state index in [0.29, 0.717) is 0 Å². The zero-order valence-corrected chi connectivity index (χ0v) is 5.48. The van der Waals surface area contributed by atoms with E-state index >= 15 is 0 Å². The van der Waals surface area contributed by atoms with Crippen LogP contribution in [0, 0.1) is 0 Å². The molecule has 0 aromatic carbocycles. The van der Waals surface area contributed by atoms with Gasteiger partial charge in [0.2, 0.25) is 5.91 Å². The highest BCUT2D eigenvalue weighted by Gasteiger charge is 1.61. The third kappa shape index (κ3) is 576. The summed E-state index contributed by atoms with van der Waals surface area (Å²) in [5, 5.41) is 0. The Bertz CT molecular complexity index is 48.4. The molecule has 50 valence electrons. The van der Waals surface area contributed by atoms with Crippen LogP contribution in [-0.2, 0) is 4.79 Å². The molecule has 8 heavy (non-hydrogen) atoms. The van der Waals surface area contributed by atoms with Crippen molar-refractivity contribution in [1.82, 2.24) is 0 Å². The highest BCUT2D eigenvalue weighted by atomic mass is 16.1. The lowest BCUT2D eigenvalue weighted by atomic mass is 10.5. The zero-order chi connectivity index (χ0) is 6.99. The molecule has 0 aromatic heterocycles. The van der Waals surface area contributed by atoms with Gasteiger partial charge in [-0.05, 0) is 13.0 Å². The van der Waals surface area contributed by atoms with E-state index in [1.165, 1.54) is 6.92 Å². The second-order valence-electron chi connectivity index (χ2n) is 1.40. The second kappa shape index (κ2) is 9.66. The third-order valence-electron chi connectivity index (χ3n) is 0.289. The van der Waals surface area contributed by atoms with E-state index in [2.05, 4.69) is 12.7 Å². The fraction of sp³-hybridized carbons (Fsp3) is 0.800. The van der Waals surface area contributed by atoms with Crippen LogP contribution in [-0.4, -0.2) is 12.5 Å². The summed E-state index contributed by atoms with van der Waals surface area (Å²) in [6.07, 6.45) is 1.10. The third-order valence-corrected chi connectivity index (χ3v) is 0.289. The molecule has 0 aliphatic heterocycles. The van der Waals surface area contributed by atoms with Crippen molar-refractivity contribution in [2.75, 3.05) is 6.54 Å². The topological polar surface area (TPSA) is 69.1 Å². The molecule has 3 heteroatoms. The Kier molecular flexibility index (Phi) is 12.6. The number of rotatable bonds is 1. The molecule has 0 atom stereocenters. The molecule has 0 heterocycles. The highest BCUT2D eigenvalue weighted by molar-refractivity contribution is 5.70. The Hall–Kier alpha value is -0.570. The van der Waals surface area contributed by atoms with Crippen molar-refractivity contribution >= 4 is 5.91 Å². The average molecular weight is 118 g/mol. The van der Waals surface area contributed by atoms with E-state index in [1.807, 2.05) is 0 Å². The Morgan fingerprint density at radius 2 is 1.75 bits per heavy atom. The van der Waals surface area contributed by atoms with Crippen LogP contribution in [0.2, 0.25) is 0 Å². The Morgan fingerprint density at radius 3 is 1.75 bits per heavy atom. The quantitative estimate of drug-likeness (QED) is 0.502. The van der Waals surface area contributed by atoms with Gasteiger partial charge < -0.3 is 11.5 Å². The summed E-state index contributed by atoms with van der Waals surface area (Å²) in [7, 11) is 0.